The van der Waals surface area contributed by atoms with Gasteiger partial charge in [0, 0.05) is 18.3 Å². The van der Waals surface area contributed by atoms with Crippen LogP contribution in [0.2, 0.25) is 0 Å². The van der Waals surface area contributed by atoms with Crippen molar-refractivity contribution in [1.29, 1.82) is 0 Å². The minimum atomic E-state index is -1.22. The maximum Gasteiger partial charge on any atom is 0.338 e. The second kappa shape index (κ2) is 4.73. The van der Waals surface area contributed by atoms with Gasteiger partial charge < -0.3 is 10.0 Å². The van der Waals surface area contributed by atoms with E-state index in [1.54, 1.807) is 6.07 Å². The number of carboxylic acid groups (broad SMARTS) is 1. The number of aromatic carboxylic acids is 1. The molecule has 1 unspecified atom stereocenters. The van der Waals surface area contributed by atoms with Gasteiger partial charge in [-0.1, -0.05) is 0 Å². The zero-order chi connectivity index (χ0) is 12.4. The highest BCUT2D eigenvalue weighted by Crippen LogP contribution is 2.26. The second-order valence-corrected chi connectivity index (χ2v) is 4.51. The van der Waals surface area contributed by atoms with Crippen LogP contribution in [-0.4, -0.2) is 23.7 Å². The summed E-state index contributed by atoms with van der Waals surface area (Å²) in [6.07, 6.45) is 3.41. The fourth-order valence-corrected chi connectivity index (χ4v) is 2.34. The summed E-state index contributed by atoms with van der Waals surface area (Å²) in [5.41, 5.74) is 0.512. The summed E-state index contributed by atoms with van der Waals surface area (Å²) in [5.74, 6) is -1.88. The molecule has 0 bridgehead atoms. The van der Waals surface area contributed by atoms with Crippen LogP contribution in [-0.2, 0) is 0 Å². The first kappa shape index (κ1) is 11.9. The van der Waals surface area contributed by atoms with Gasteiger partial charge in [-0.25, -0.2) is 9.18 Å². The molecule has 0 amide bonds. The topological polar surface area (TPSA) is 40.5 Å². The van der Waals surface area contributed by atoms with Gasteiger partial charge >= 0.3 is 5.97 Å². The molecule has 1 saturated heterocycles. The molecular formula is C13H16FNO2. The van der Waals surface area contributed by atoms with Gasteiger partial charge in [-0.2, -0.15) is 0 Å². The molecule has 0 aromatic heterocycles. The first-order valence-corrected chi connectivity index (χ1v) is 5.89. The lowest BCUT2D eigenvalue weighted by Gasteiger charge is -2.35. The molecule has 3 nitrogen and oxygen atoms in total. The lowest BCUT2D eigenvalue weighted by Crippen LogP contribution is -2.37. The number of carbonyl (C=O) groups is 1. The van der Waals surface area contributed by atoms with Crippen LogP contribution in [0.1, 0.15) is 36.5 Å². The van der Waals surface area contributed by atoms with Gasteiger partial charge in [0.2, 0.25) is 0 Å². The molecule has 1 aliphatic heterocycles. The maximum absolute atomic E-state index is 13.6. The van der Waals surface area contributed by atoms with Crippen LogP contribution < -0.4 is 4.90 Å². The Morgan fingerprint density at radius 3 is 2.82 bits per heavy atom. The predicted octanol–water partition coefficient (Wildman–Crippen LogP) is 2.90. The lowest BCUT2D eigenvalue weighted by molar-refractivity contribution is 0.0692. The van der Waals surface area contributed by atoms with Crippen LogP contribution >= 0.6 is 0 Å². The summed E-state index contributed by atoms with van der Waals surface area (Å²) in [5, 5.41) is 8.77. The summed E-state index contributed by atoms with van der Waals surface area (Å²) >= 11 is 0. The molecule has 92 valence electrons. The summed E-state index contributed by atoms with van der Waals surface area (Å²) in [4.78, 5) is 12.9. The fraction of sp³-hybridized carbons (Fsp3) is 0.462. The van der Waals surface area contributed by atoms with Crippen LogP contribution in [0.4, 0.5) is 10.1 Å². The fourth-order valence-electron chi connectivity index (χ4n) is 2.34. The predicted molar refractivity (Wildman–Crippen MR) is 64.0 cm³/mol. The monoisotopic (exact) mass is 237 g/mol. The zero-order valence-electron chi connectivity index (χ0n) is 9.82. The van der Waals surface area contributed by atoms with Crippen LogP contribution in [0.5, 0.6) is 0 Å². The third kappa shape index (κ3) is 2.40. The Morgan fingerprint density at radius 1 is 1.47 bits per heavy atom. The van der Waals surface area contributed by atoms with Gasteiger partial charge in [0.1, 0.15) is 5.82 Å². The van der Waals surface area contributed by atoms with Crippen molar-refractivity contribution in [3.63, 3.8) is 0 Å². The van der Waals surface area contributed by atoms with E-state index in [0.29, 0.717) is 6.04 Å². The summed E-state index contributed by atoms with van der Waals surface area (Å²) in [6.45, 7) is 3.02. The molecule has 1 aromatic rings. The molecule has 1 aliphatic rings. The Hall–Kier alpha value is -1.58. The quantitative estimate of drug-likeness (QED) is 0.859. The number of nitrogens with zero attached hydrogens (tertiary/aromatic N) is 1. The number of anilines is 1. The largest absolute Gasteiger partial charge is 0.478 e. The van der Waals surface area contributed by atoms with Crippen LogP contribution in [0.3, 0.4) is 0 Å². The van der Waals surface area contributed by atoms with Crippen molar-refractivity contribution >= 4 is 11.7 Å². The molecule has 0 radical (unpaired) electrons. The second-order valence-electron chi connectivity index (χ2n) is 4.51. The molecule has 1 atom stereocenters. The highest BCUT2D eigenvalue weighted by atomic mass is 19.1. The van der Waals surface area contributed by atoms with Gasteiger partial charge in [-0.3, -0.25) is 0 Å². The number of piperidine rings is 1. The molecule has 1 N–H and O–H groups in total. The lowest BCUT2D eigenvalue weighted by atomic mass is 10.0. The number of rotatable bonds is 2. The van der Waals surface area contributed by atoms with E-state index in [2.05, 4.69) is 11.8 Å². The van der Waals surface area contributed by atoms with E-state index in [9.17, 15) is 9.18 Å². The van der Waals surface area contributed by atoms with Gasteiger partial charge in [-0.05, 0) is 44.4 Å². The number of benzene rings is 1. The maximum atomic E-state index is 13.6. The summed E-state index contributed by atoms with van der Waals surface area (Å²) < 4.78 is 13.6. The number of halogens is 1. The number of hydrogen-bond acceptors (Lipinski definition) is 2. The van der Waals surface area contributed by atoms with Gasteiger partial charge in [0.25, 0.3) is 0 Å². The SMILES string of the molecule is CC1CCCCN1c1ccc(C(=O)O)c(F)c1. The van der Waals surface area contributed by atoms with Crippen molar-refractivity contribution in [2.24, 2.45) is 0 Å². The summed E-state index contributed by atoms with van der Waals surface area (Å²) in [7, 11) is 0. The highest BCUT2D eigenvalue weighted by molar-refractivity contribution is 5.88. The third-order valence-corrected chi connectivity index (χ3v) is 3.32. The minimum absolute atomic E-state index is 0.265. The molecule has 0 spiro atoms. The van der Waals surface area contributed by atoms with E-state index in [0.717, 1.165) is 25.1 Å². The van der Waals surface area contributed by atoms with Gasteiger partial charge in [-0.15, -0.1) is 0 Å². The first-order chi connectivity index (χ1) is 8.09. The van der Waals surface area contributed by atoms with E-state index >= 15 is 0 Å². The Bertz CT molecular complexity index is 433. The summed E-state index contributed by atoms with van der Waals surface area (Å²) in [6, 6.07) is 4.74. The molecule has 1 fully saturated rings. The van der Waals surface area contributed by atoms with E-state index in [1.165, 1.54) is 18.6 Å². The Morgan fingerprint density at radius 2 is 2.24 bits per heavy atom. The van der Waals surface area contributed by atoms with Crippen LogP contribution in [0.25, 0.3) is 0 Å². The van der Waals surface area contributed by atoms with E-state index in [-0.39, 0.29) is 5.56 Å². The smallest absolute Gasteiger partial charge is 0.338 e. The van der Waals surface area contributed by atoms with E-state index in [1.807, 2.05) is 0 Å². The molecule has 0 aliphatic carbocycles. The Kier molecular flexibility index (Phi) is 3.31. The van der Waals surface area contributed by atoms with Gasteiger partial charge in [0.15, 0.2) is 0 Å². The van der Waals surface area contributed by atoms with E-state index in [4.69, 9.17) is 5.11 Å². The molecule has 1 heterocycles. The van der Waals surface area contributed by atoms with Crippen LogP contribution in [0, 0.1) is 5.82 Å². The molecule has 17 heavy (non-hydrogen) atoms. The average Bonchev–Trinajstić information content (AvgIpc) is 2.29. The van der Waals surface area contributed by atoms with Crippen molar-refractivity contribution in [3.05, 3.63) is 29.6 Å². The molecule has 4 heteroatoms. The standard InChI is InChI=1S/C13H16FNO2/c1-9-4-2-3-7-15(9)10-5-6-11(13(16)17)12(14)8-10/h5-6,8-9H,2-4,7H2,1H3,(H,16,17). The third-order valence-electron chi connectivity index (χ3n) is 3.32. The zero-order valence-corrected chi connectivity index (χ0v) is 9.82. The van der Waals surface area contributed by atoms with Crippen molar-refractivity contribution < 1.29 is 14.3 Å². The van der Waals surface area contributed by atoms with Gasteiger partial charge in [0.05, 0.1) is 5.56 Å². The first-order valence-electron chi connectivity index (χ1n) is 5.89. The Labute approximate surface area is 99.9 Å². The van der Waals surface area contributed by atoms with E-state index < -0.39 is 11.8 Å². The normalized spacial score (nSPS) is 20.4. The number of carboxylic acids is 1. The minimum Gasteiger partial charge on any atom is -0.478 e. The Balaban J connectivity index is 2.27. The molecule has 0 saturated carbocycles. The average molecular weight is 237 g/mol. The molecule has 1 aromatic carbocycles. The molecular weight excluding hydrogens is 221 g/mol. The van der Waals surface area contributed by atoms with Crippen molar-refractivity contribution in [2.75, 3.05) is 11.4 Å². The van der Waals surface area contributed by atoms with Crippen molar-refractivity contribution in [1.82, 2.24) is 0 Å². The highest BCUT2D eigenvalue weighted by Gasteiger charge is 2.20. The molecule has 2 rings (SSSR count). The van der Waals surface area contributed by atoms with Crippen molar-refractivity contribution in [3.8, 4) is 0 Å². The number of hydrogen-bond donors (Lipinski definition) is 1. The van der Waals surface area contributed by atoms with Crippen molar-refractivity contribution in [2.45, 2.75) is 32.2 Å². The van der Waals surface area contributed by atoms with Crippen LogP contribution in [0.15, 0.2) is 18.2 Å².